The van der Waals surface area contributed by atoms with E-state index < -0.39 is 5.82 Å². The first kappa shape index (κ1) is 8.75. The lowest BCUT2D eigenvalue weighted by molar-refractivity contribution is 0.624. The Labute approximate surface area is 81.9 Å². The van der Waals surface area contributed by atoms with E-state index in [1.165, 1.54) is 12.1 Å². The van der Waals surface area contributed by atoms with Crippen LogP contribution in [0.1, 0.15) is 5.56 Å². The van der Waals surface area contributed by atoms with Gasteiger partial charge in [-0.05, 0) is 34.7 Å². The molecule has 1 rings (SSSR count). The van der Waals surface area contributed by atoms with Gasteiger partial charge in [0.1, 0.15) is 6.07 Å². The van der Waals surface area contributed by atoms with E-state index >= 15 is 0 Å². The van der Waals surface area contributed by atoms with Gasteiger partial charge in [0.25, 0.3) is 0 Å². The van der Waals surface area contributed by atoms with Gasteiger partial charge in [-0.2, -0.15) is 5.26 Å². The van der Waals surface area contributed by atoms with E-state index in [-0.39, 0.29) is 10.6 Å². The lowest BCUT2D eigenvalue weighted by Gasteiger charge is -1.96. The van der Waals surface area contributed by atoms with Gasteiger partial charge in [0.05, 0.1) is 10.6 Å². The molecule has 0 N–H and O–H groups in total. The van der Waals surface area contributed by atoms with Crippen molar-refractivity contribution < 1.29 is 4.39 Å². The van der Waals surface area contributed by atoms with Gasteiger partial charge in [-0.3, -0.25) is 0 Å². The molecule has 0 atom stereocenters. The molecule has 11 heavy (non-hydrogen) atoms. The monoisotopic (exact) mass is 281 g/mol. The molecule has 1 aromatic rings. The fourth-order valence-electron chi connectivity index (χ4n) is 0.637. The van der Waals surface area contributed by atoms with Crippen LogP contribution >= 0.6 is 34.2 Å². The third-order valence-corrected chi connectivity index (χ3v) is 2.01. The van der Waals surface area contributed by atoms with Gasteiger partial charge < -0.3 is 0 Å². The van der Waals surface area contributed by atoms with Crippen LogP contribution in [0.4, 0.5) is 4.39 Å². The molecule has 0 saturated heterocycles. The van der Waals surface area contributed by atoms with Gasteiger partial charge in [0.15, 0.2) is 5.82 Å². The summed E-state index contributed by atoms with van der Waals surface area (Å²) in [6, 6.07) is 4.63. The highest BCUT2D eigenvalue weighted by molar-refractivity contribution is 14.1. The van der Waals surface area contributed by atoms with Gasteiger partial charge >= 0.3 is 0 Å². The topological polar surface area (TPSA) is 23.8 Å². The summed E-state index contributed by atoms with van der Waals surface area (Å²) in [6.07, 6.45) is 0. The van der Waals surface area contributed by atoms with Crippen LogP contribution in [0.5, 0.6) is 0 Å². The van der Waals surface area contributed by atoms with Gasteiger partial charge in [0.2, 0.25) is 0 Å². The number of rotatable bonds is 0. The van der Waals surface area contributed by atoms with Crippen molar-refractivity contribution in [2.24, 2.45) is 0 Å². The molecule has 0 heterocycles. The number of hydrogen-bond acceptors (Lipinski definition) is 1. The molecular formula is C7H2ClFIN. The summed E-state index contributed by atoms with van der Waals surface area (Å²) < 4.78 is 13.6. The molecule has 0 aliphatic rings. The summed E-state index contributed by atoms with van der Waals surface area (Å²) >= 11 is 7.44. The molecule has 0 unspecified atom stereocenters. The molecule has 0 bridgehead atoms. The van der Waals surface area contributed by atoms with E-state index in [9.17, 15) is 4.39 Å². The smallest absolute Gasteiger partial charge is 0.159 e. The molecule has 0 radical (unpaired) electrons. The first-order chi connectivity index (χ1) is 5.15. The predicted octanol–water partition coefficient (Wildman–Crippen LogP) is 2.96. The third-order valence-electron chi connectivity index (χ3n) is 1.11. The maximum atomic E-state index is 12.8. The molecule has 0 aliphatic heterocycles. The number of nitrogens with zero attached hydrogens (tertiary/aromatic N) is 1. The van der Waals surface area contributed by atoms with Crippen LogP contribution in [0, 0.1) is 20.7 Å². The second-order valence-corrected chi connectivity index (χ2v) is 3.51. The number of halogens is 3. The summed E-state index contributed by atoms with van der Waals surface area (Å²) in [5.74, 6) is -0.644. The van der Waals surface area contributed by atoms with Crippen molar-refractivity contribution in [3.8, 4) is 6.07 Å². The van der Waals surface area contributed by atoms with Crippen molar-refractivity contribution in [3.63, 3.8) is 0 Å². The molecule has 0 aromatic heterocycles. The van der Waals surface area contributed by atoms with Crippen LogP contribution in [0.2, 0.25) is 5.02 Å². The van der Waals surface area contributed by atoms with Gasteiger partial charge in [-0.1, -0.05) is 11.6 Å². The molecule has 0 amide bonds. The first-order valence-electron chi connectivity index (χ1n) is 2.70. The molecular weight excluding hydrogens is 279 g/mol. The highest BCUT2D eigenvalue weighted by atomic mass is 127. The summed E-state index contributed by atoms with van der Waals surface area (Å²) in [7, 11) is 0. The fraction of sp³-hybridized carbons (Fsp3) is 0. The quantitative estimate of drug-likeness (QED) is 0.530. The van der Waals surface area contributed by atoms with Crippen LogP contribution in [-0.4, -0.2) is 0 Å². The fourth-order valence-corrected chi connectivity index (χ4v) is 1.66. The molecule has 56 valence electrons. The maximum absolute atomic E-state index is 12.8. The molecule has 1 aromatic carbocycles. The standard InChI is InChI=1S/C7H2ClFIN/c8-6-2-5(10)1-4(3-11)7(6)9/h1-2H. The lowest BCUT2D eigenvalue weighted by atomic mass is 10.2. The number of benzene rings is 1. The third kappa shape index (κ3) is 1.82. The molecule has 1 nitrogen and oxygen atoms in total. The van der Waals surface area contributed by atoms with Crippen LogP contribution < -0.4 is 0 Å². The Kier molecular flexibility index (Phi) is 2.68. The van der Waals surface area contributed by atoms with Crippen molar-refractivity contribution >= 4 is 34.2 Å². The zero-order valence-electron chi connectivity index (χ0n) is 5.24. The number of nitriles is 1. The summed E-state index contributed by atoms with van der Waals surface area (Å²) in [5.41, 5.74) is -0.0121. The van der Waals surface area contributed by atoms with E-state index in [1.807, 2.05) is 22.6 Å². The minimum absolute atomic E-state index is 0.00606. The Bertz CT molecular complexity index is 332. The van der Waals surface area contributed by atoms with Gasteiger partial charge in [-0.25, -0.2) is 4.39 Å². The van der Waals surface area contributed by atoms with E-state index in [0.29, 0.717) is 0 Å². The highest BCUT2D eigenvalue weighted by Crippen LogP contribution is 2.20. The van der Waals surface area contributed by atoms with Crippen molar-refractivity contribution in [1.29, 1.82) is 5.26 Å². The van der Waals surface area contributed by atoms with Crippen LogP contribution in [-0.2, 0) is 0 Å². The van der Waals surface area contributed by atoms with E-state index in [0.717, 1.165) is 3.57 Å². The van der Waals surface area contributed by atoms with Gasteiger partial charge in [-0.15, -0.1) is 0 Å². The zero-order chi connectivity index (χ0) is 8.43. The summed E-state index contributed by atoms with van der Waals surface area (Å²) in [5, 5.41) is 8.41. The van der Waals surface area contributed by atoms with E-state index in [2.05, 4.69) is 0 Å². The number of hydrogen-bond donors (Lipinski definition) is 0. The largest absolute Gasteiger partial charge is 0.204 e. The molecule has 0 aliphatic carbocycles. The highest BCUT2D eigenvalue weighted by Gasteiger charge is 2.06. The average molecular weight is 281 g/mol. The van der Waals surface area contributed by atoms with Crippen molar-refractivity contribution in [1.82, 2.24) is 0 Å². The Morgan fingerprint density at radius 1 is 1.55 bits per heavy atom. The zero-order valence-corrected chi connectivity index (χ0v) is 8.15. The van der Waals surface area contributed by atoms with Crippen LogP contribution in [0.15, 0.2) is 12.1 Å². The Balaban J connectivity index is 3.39. The Hall–Kier alpha value is -0.340. The SMILES string of the molecule is N#Cc1cc(I)cc(Cl)c1F. The van der Waals surface area contributed by atoms with Crippen LogP contribution in [0.25, 0.3) is 0 Å². The Morgan fingerprint density at radius 3 is 2.73 bits per heavy atom. The minimum Gasteiger partial charge on any atom is -0.204 e. The van der Waals surface area contributed by atoms with E-state index in [4.69, 9.17) is 16.9 Å². The lowest BCUT2D eigenvalue weighted by Crippen LogP contribution is -1.86. The average Bonchev–Trinajstić information content (AvgIpc) is 1.96. The van der Waals surface area contributed by atoms with Crippen molar-refractivity contribution in [2.75, 3.05) is 0 Å². The molecule has 0 spiro atoms. The summed E-state index contributed by atoms with van der Waals surface area (Å²) in [4.78, 5) is 0. The van der Waals surface area contributed by atoms with Crippen molar-refractivity contribution in [3.05, 3.63) is 32.1 Å². The molecule has 0 fully saturated rings. The predicted molar refractivity (Wildman–Crippen MR) is 48.8 cm³/mol. The van der Waals surface area contributed by atoms with Gasteiger partial charge in [0, 0.05) is 3.57 Å². The first-order valence-corrected chi connectivity index (χ1v) is 4.15. The van der Waals surface area contributed by atoms with Crippen molar-refractivity contribution in [2.45, 2.75) is 0 Å². The van der Waals surface area contributed by atoms with E-state index in [1.54, 1.807) is 6.07 Å². The van der Waals surface area contributed by atoms with Crippen LogP contribution in [0.3, 0.4) is 0 Å². The second kappa shape index (κ2) is 3.37. The normalized spacial score (nSPS) is 9.27. The Morgan fingerprint density at radius 2 is 2.18 bits per heavy atom. The molecule has 4 heteroatoms. The molecule has 0 saturated carbocycles. The summed E-state index contributed by atoms with van der Waals surface area (Å²) in [6.45, 7) is 0. The maximum Gasteiger partial charge on any atom is 0.159 e. The minimum atomic E-state index is -0.644. The second-order valence-electron chi connectivity index (χ2n) is 1.86.